The van der Waals surface area contributed by atoms with E-state index in [0.29, 0.717) is 6.04 Å². The van der Waals surface area contributed by atoms with E-state index >= 15 is 0 Å². The van der Waals surface area contributed by atoms with E-state index < -0.39 is 0 Å². The van der Waals surface area contributed by atoms with E-state index in [1.54, 1.807) is 0 Å². The molecule has 3 heterocycles. The van der Waals surface area contributed by atoms with Crippen LogP contribution in [0.25, 0.3) is 0 Å². The fourth-order valence-electron chi connectivity index (χ4n) is 3.94. The van der Waals surface area contributed by atoms with Gasteiger partial charge in [0.2, 0.25) is 0 Å². The van der Waals surface area contributed by atoms with Crippen molar-refractivity contribution in [3.8, 4) is 0 Å². The van der Waals surface area contributed by atoms with Crippen LogP contribution in [0.4, 0.5) is 11.4 Å². The Morgan fingerprint density at radius 1 is 1.04 bits per heavy atom. The van der Waals surface area contributed by atoms with Crippen LogP contribution in [-0.4, -0.2) is 68.3 Å². The first-order valence-electron chi connectivity index (χ1n) is 8.79. The first kappa shape index (κ1) is 15.5. The summed E-state index contributed by atoms with van der Waals surface area (Å²) in [6.07, 6.45) is 2.17. The molecule has 0 N–H and O–H groups in total. The highest BCUT2D eigenvalue weighted by Gasteiger charge is 2.34. The van der Waals surface area contributed by atoms with Gasteiger partial charge in [-0.1, -0.05) is 12.1 Å². The number of nitrogens with zero attached hydrogens (tertiary/aromatic N) is 5. The summed E-state index contributed by atoms with van der Waals surface area (Å²) < 4.78 is 2.30. The maximum atomic E-state index is 2.60. The van der Waals surface area contributed by atoms with Gasteiger partial charge < -0.3 is 9.80 Å². The minimum Gasteiger partial charge on any atom is -0.359 e. The van der Waals surface area contributed by atoms with Gasteiger partial charge in [0.25, 0.3) is 0 Å². The third-order valence-corrected chi connectivity index (χ3v) is 5.29. The molecule has 5 heteroatoms. The average Bonchev–Trinajstić information content (AvgIpc) is 3.05. The van der Waals surface area contributed by atoms with Crippen molar-refractivity contribution < 1.29 is 0 Å². The summed E-state index contributed by atoms with van der Waals surface area (Å²) in [5.74, 6) is 0. The first-order valence-corrected chi connectivity index (χ1v) is 8.79. The minimum absolute atomic E-state index is 0.405. The molecule has 1 saturated heterocycles. The molecule has 5 nitrogen and oxygen atoms in total. The number of hydrogen-bond donors (Lipinski definition) is 0. The molecule has 1 aromatic carbocycles. The molecule has 1 fully saturated rings. The molecule has 2 aliphatic rings. The second kappa shape index (κ2) is 6.15. The number of benzene rings is 1. The lowest BCUT2D eigenvalue weighted by Crippen LogP contribution is -2.50. The van der Waals surface area contributed by atoms with Gasteiger partial charge in [0.15, 0.2) is 0 Å². The summed E-state index contributed by atoms with van der Waals surface area (Å²) in [5.41, 5.74) is 4.00. The number of para-hydroxylation sites is 2. The van der Waals surface area contributed by atoms with Crippen molar-refractivity contribution >= 4 is 11.4 Å². The highest BCUT2D eigenvalue weighted by atomic mass is 15.6. The molecular weight excluding hydrogens is 298 g/mol. The molecular formula is C19H27N5. The van der Waals surface area contributed by atoms with Crippen molar-refractivity contribution in [2.75, 3.05) is 63.8 Å². The molecule has 0 saturated carbocycles. The molecule has 24 heavy (non-hydrogen) atoms. The van der Waals surface area contributed by atoms with Crippen LogP contribution in [-0.2, 0) is 0 Å². The molecule has 2 aliphatic heterocycles. The van der Waals surface area contributed by atoms with Gasteiger partial charge in [0, 0.05) is 46.0 Å². The van der Waals surface area contributed by atoms with Crippen molar-refractivity contribution in [1.82, 2.24) is 14.5 Å². The average molecular weight is 325 g/mol. The highest BCUT2D eigenvalue weighted by Crippen LogP contribution is 2.40. The number of hydrogen-bond acceptors (Lipinski definition) is 4. The van der Waals surface area contributed by atoms with Gasteiger partial charge in [-0.3, -0.25) is 14.6 Å². The zero-order valence-corrected chi connectivity index (χ0v) is 14.9. The van der Waals surface area contributed by atoms with Crippen LogP contribution in [0.3, 0.4) is 0 Å². The third kappa shape index (κ3) is 2.58. The fraction of sp³-hybridized carbons (Fsp3) is 0.474. The van der Waals surface area contributed by atoms with Crippen LogP contribution in [0, 0.1) is 0 Å². The second-order valence-electron chi connectivity index (χ2n) is 7.10. The maximum Gasteiger partial charge on any atom is 0.0841 e. The topological polar surface area (TPSA) is 17.9 Å². The van der Waals surface area contributed by atoms with Gasteiger partial charge in [0.05, 0.1) is 23.1 Å². The predicted octanol–water partition coefficient (Wildman–Crippen LogP) is 2.13. The van der Waals surface area contributed by atoms with E-state index in [1.807, 2.05) is 0 Å². The van der Waals surface area contributed by atoms with Crippen LogP contribution < -0.4 is 9.91 Å². The largest absolute Gasteiger partial charge is 0.359 e. The van der Waals surface area contributed by atoms with Crippen LogP contribution in [0.15, 0.2) is 42.6 Å². The van der Waals surface area contributed by atoms with Crippen molar-refractivity contribution in [1.29, 1.82) is 0 Å². The predicted molar refractivity (Wildman–Crippen MR) is 99.8 cm³/mol. The Labute approximate surface area is 144 Å². The Morgan fingerprint density at radius 2 is 1.83 bits per heavy atom. The molecule has 0 radical (unpaired) electrons. The molecule has 0 spiro atoms. The van der Waals surface area contributed by atoms with Crippen LogP contribution >= 0.6 is 0 Å². The lowest BCUT2D eigenvalue weighted by atomic mass is 10.1. The molecule has 1 unspecified atom stereocenters. The smallest absolute Gasteiger partial charge is 0.0841 e. The summed E-state index contributed by atoms with van der Waals surface area (Å²) in [6, 6.07) is 13.6. The van der Waals surface area contributed by atoms with E-state index in [-0.39, 0.29) is 0 Å². The van der Waals surface area contributed by atoms with Gasteiger partial charge in [-0.25, -0.2) is 0 Å². The Morgan fingerprint density at radius 3 is 2.62 bits per heavy atom. The molecule has 1 atom stereocenters. The molecule has 0 aliphatic carbocycles. The van der Waals surface area contributed by atoms with Crippen LogP contribution in [0.2, 0.25) is 0 Å². The molecule has 0 amide bonds. The SMILES string of the molecule is CN(C)CCN1CCN2c3ccccc3N(C)n3cccc3C2C1. The number of likely N-dealkylation sites (N-methyl/N-ethyl adjacent to an activating group) is 1. The van der Waals surface area contributed by atoms with Crippen LogP contribution in [0.5, 0.6) is 0 Å². The zero-order valence-electron chi connectivity index (χ0n) is 14.9. The van der Waals surface area contributed by atoms with E-state index in [4.69, 9.17) is 0 Å². The Hall–Kier alpha value is -1.98. The first-order chi connectivity index (χ1) is 11.6. The van der Waals surface area contributed by atoms with Gasteiger partial charge in [0.1, 0.15) is 0 Å². The van der Waals surface area contributed by atoms with Gasteiger partial charge >= 0.3 is 0 Å². The van der Waals surface area contributed by atoms with E-state index in [0.717, 1.165) is 32.7 Å². The highest BCUT2D eigenvalue weighted by molar-refractivity contribution is 5.73. The van der Waals surface area contributed by atoms with Crippen molar-refractivity contribution in [3.63, 3.8) is 0 Å². The Kier molecular flexibility index (Phi) is 3.98. The van der Waals surface area contributed by atoms with Crippen molar-refractivity contribution in [2.45, 2.75) is 6.04 Å². The number of fused-ring (bicyclic) bond motifs is 5. The normalized spacial score (nSPS) is 20.6. The number of rotatable bonds is 3. The fourth-order valence-corrected chi connectivity index (χ4v) is 3.94. The van der Waals surface area contributed by atoms with Crippen LogP contribution in [0.1, 0.15) is 11.7 Å². The van der Waals surface area contributed by atoms with E-state index in [1.165, 1.54) is 17.1 Å². The standard InChI is InChI=1S/C19H27N5/c1-20(2)11-12-22-13-14-23-17-8-5-4-7-16(17)21(3)24-10-6-9-18(24)19(23)15-22/h4-10,19H,11-15H2,1-3H3. The maximum absolute atomic E-state index is 2.60. The van der Waals surface area contributed by atoms with E-state index in [2.05, 4.69) is 88.1 Å². The van der Waals surface area contributed by atoms with Gasteiger partial charge in [-0.2, -0.15) is 0 Å². The quantitative estimate of drug-likeness (QED) is 0.860. The monoisotopic (exact) mass is 325 g/mol. The Bertz CT molecular complexity index is 707. The lowest BCUT2D eigenvalue weighted by Gasteiger charge is -2.42. The number of piperazine rings is 1. The number of anilines is 2. The molecule has 128 valence electrons. The molecule has 2 aromatic rings. The summed E-state index contributed by atoms with van der Waals surface area (Å²) >= 11 is 0. The zero-order chi connectivity index (χ0) is 16.7. The molecule has 0 bridgehead atoms. The van der Waals surface area contributed by atoms with Gasteiger partial charge in [-0.05, 0) is 38.4 Å². The second-order valence-corrected chi connectivity index (χ2v) is 7.10. The molecule has 1 aromatic heterocycles. The van der Waals surface area contributed by atoms with Gasteiger partial charge in [-0.15, -0.1) is 0 Å². The summed E-state index contributed by atoms with van der Waals surface area (Å²) in [6.45, 7) is 5.54. The van der Waals surface area contributed by atoms with Crippen molar-refractivity contribution in [3.05, 3.63) is 48.3 Å². The molecule has 4 rings (SSSR count). The summed E-state index contributed by atoms with van der Waals surface area (Å²) in [4.78, 5) is 7.47. The summed E-state index contributed by atoms with van der Waals surface area (Å²) in [7, 11) is 6.46. The minimum atomic E-state index is 0.405. The number of aromatic nitrogens is 1. The summed E-state index contributed by atoms with van der Waals surface area (Å²) in [5, 5.41) is 2.27. The Balaban J connectivity index is 1.70. The van der Waals surface area contributed by atoms with Crippen molar-refractivity contribution in [2.24, 2.45) is 0 Å². The lowest BCUT2D eigenvalue weighted by molar-refractivity contribution is 0.201. The third-order valence-electron chi connectivity index (χ3n) is 5.29. The van der Waals surface area contributed by atoms with E-state index in [9.17, 15) is 0 Å².